The Balaban J connectivity index is 2.01. The number of halogens is 2. The van der Waals surface area contributed by atoms with E-state index in [1.807, 2.05) is 0 Å². The first kappa shape index (κ1) is 20.0. The molecule has 1 atom stereocenters. The van der Waals surface area contributed by atoms with Crippen molar-refractivity contribution in [3.05, 3.63) is 65.7 Å². The van der Waals surface area contributed by atoms with Crippen molar-refractivity contribution in [3.8, 4) is 0 Å². The van der Waals surface area contributed by atoms with Gasteiger partial charge in [-0.25, -0.2) is 17.2 Å². The zero-order valence-electron chi connectivity index (χ0n) is 14.4. The van der Waals surface area contributed by atoms with Gasteiger partial charge in [0, 0.05) is 6.54 Å². The fraction of sp³-hybridized carbons (Fsp3) is 0.278. The highest BCUT2D eigenvalue weighted by Gasteiger charge is 2.23. The summed E-state index contributed by atoms with van der Waals surface area (Å²) in [4.78, 5) is 14.1. The summed E-state index contributed by atoms with van der Waals surface area (Å²) in [5, 5.41) is 2.59. The van der Waals surface area contributed by atoms with Crippen LogP contribution in [0.15, 0.2) is 53.4 Å². The van der Waals surface area contributed by atoms with Gasteiger partial charge in [-0.2, -0.15) is 0 Å². The van der Waals surface area contributed by atoms with Gasteiger partial charge in [-0.3, -0.25) is 9.69 Å². The largest absolute Gasteiger partial charge is 0.353 e. The maximum atomic E-state index is 13.1. The van der Waals surface area contributed by atoms with Crippen molar-refractivity contribution in [2.45, 2.75) is 10.9 Å². The maximum absolute atomic E-state index is 13.1. The van der Waals surface area contributed by atoms with Crippen molar-refractivity contribution in [2.24, 2.45) is 0 Å². The van der Waals surface area contributed by atoms with Gasteiger partial charge in [-0.05, 0) is 56.1 Å². The second-order valence-corrected chi connectivity index (χ2v) is 8.09. The molecule has 0 aromatic heterocycles. The smallest absolute Gasteiger partial charge is 0.241 e. The fourth-order valence-corrected chi connectivity index (χ4v) is 3.65. The van der Waals surface area contributed by atoms with Crippen LogP contribution in [-0.2, 0) is 14.6 Å². The van der Waals surface area contributed by atoms with E-state index >= 15 is 0 Å². The van der Waals surface area contributed by atoms with E-state index in [2.05, 4.69) is 5.32 Å². The Kier molecular flexibility index (Phi) is 6.44. The molecule has 0 aliphatic carbocycles. The van der Waals surface area contributed by atoms with Crippen molar-refractivity contribution < 1.29 is 22.0 Å². The summed E-state index contributed by atoms with van der Waals surface area (Å²) in [5.41, 5.74) is 0.593. The number of amides is 1. The molecule has 0 bridgehead atoms. The summed E-state index contributed by atoms with van der Waals surface area (Å²) in [6.07, 6.45) is 0. The van der Waals surface area contributed by atoms with Crippen LogP contribution in [0.2, 0.25) is 0 Å². The molecule has 0 spiro atoms. The number of sulfone groups is 1. The molecular formula is C18H20F2N2O3S. The molecule has 140 valence electrons. The Morgan fingerprint density at radius 3 is 2.00 bits per heavy atom. The van der Waals surface area contributed by atoms with Crippen LogP contribution in [0.25, 0.3) is 0 Å². The molecule has 0 saturated heterocycles. The molecular weight excluding hydrogens is 362 g/mol. The van der Waals surface area contributed by atoms with Gasteiger partial charge in [0.1, 0.15) is 17.7 Å². The molecule has 2 rings (SSSR count). The summed E-state index contributed by atoms with van der Waals surface area (Å²) in [6, 6.07) is 9.38. The van der Waals surface area contributed by atoms with Crippen LogP contribution in [-0.4, -0.2) is 45.6 Å². The monoisotopic (exact) mass is 382 g/mol. The van der Waals surface area contributed by atoms with Crippen LogP contribution in [0.5, 0.6) is 0 Å². The fourth-order valence-electron chi connectivity index (χ4n) is 2.49. The summed E-state index contributed by atoms with van der Waals surface area (Å²) < 4.78 is 50.4. The molecule has 2 aromatic rings. The highest BCUT2D eigenvalue weighted by molar-refractivity contribution is 7.91. The highest BCUT2D eigenvalue weighted by atomic mass is 32.2. The molecule has 0 radical (unpaired) electrons. The molecule has 5 nitrogen and oxygen atoms in total. The molecule has 2 aromatic carbocycles. The lowest BCUT2D eigenvalue weighted by atomic mass is 10.1. The molecule has 1 unspecified atom stereocenters. The second-order valence-electron chi connectivity index (χ2n) is 5.98. The van der Waals surface area contributed by atoms with Crippen LogP contribution in [0.1, 0.15) is 11.6 Å². The standard InChI is InChI=1S/C18H20F2N2O3S/c1-22(2)17(13-3-5-14(19)6-4-13)18(23)21-11-12-26(24,25)16-9-7-15(20)8-10-16/h3-10,17H,11-12H2,1-2H3,(H,21,23). The number of benzene rings is 2. The van der Waals surface area contributed by atoms with E-state index < -0.39 is 33.4 Å². The maximum Gasteiger partial charge on any atom is 0.241 e. The molecule has 0 heterocycles. The minimum atomic E-state index is -3.63. The van der Waals surface area contributed by atoms with Gasteiger partial charge in [-0.1, -0.05) is 12.1 Å². The summed E-state index contributed by atoms with van der Waals surface area (Å²) in [6.45, 7) is -0.0932. The summed E-state index contributed by atoms with van der Waals surface area (Å²) in [5.74, 6) is -1.63. The number of likely N-dealkylation sites (N-methyl/N-ethyl adjacent to an activating group) is 1. The van der Waals surface area contributed by atoms with E-state index in [0.717, 1.165) is 12.1 Å². The zero-order valence-corrected chi connectivity index (χ0v) is 15.3. The van der Waals surface area contributed by atoms with Crippen LogP contribution in [0, 0.1) is 11.6 Å². The van der Waals surface area contributed by atoms with Gasteiger partial charge < -0.3 is 5.32 Å². The Hall–Kier alpha value is -2.32. The lowest BCUT2D eigenvalue weighted by Gasteiger charge is -2.23. The third kappa shape index (κ3) is 5.09. The Labute approximate surface area is 151 Å². The zero-order chi connectivity index (χ0) is 19.3. The minimum Gasteiger partial charge on any atom is -0.353 e. The quantitative estimate of drug-likeness (QED) is 0.746. The molecule has 0 aliphatic rings. The highest BCUT2D eigenvalue weighted by Crippen LogP contribution is 2.19. The average Bonchev–Trinajstić information content (AvgIpc) is 2.57. The Morgan fingerprint density at radius 2 is 1.50 bits per heavy atom. The van der Waals surface area contributed by atoms with Crippen molar-refractivity contribution in [2.75, 3.05) is 26.4 Å². The normalized spacial score (nSPS) is 12.8. The lowest BCUT2D eigenvalue weighted by molar-refractivity contribution is -0.125. The predicted octanol–water partition coefficient (Wildman–Crippen LogP) is 2.16. The van der Waals surface area contributed by atoms with Gasteiger partial charge in [0.25, 0.3) is 0 Å². The van der Waals surface area contributed by atoms with Crippen LogP contribution >= 0.6 is 0 Å². The number of hydrogen-bond acceptors (Lipinski definition) is 4. The molecule has 1 amide bonds. The first-order valence-corrected chi connectivity index (χ1v) is 9.54. The topological polar surface area (TPSA) is 66.5 Å². The SMILES string of the molecule is CN(C)C(C(=O)NCCS(=O)(=O)c1ccc(F)cc1)c1ccc(F)cc1. The minimum absolute atomic E-state index is 0.00385. The number of carbonyl (C=O) groups is 1. The molecule has 8 heteroatoms. The predicted molar refractivity (Wildman–Crippen MR) is 94.3 cm³/mol. The van der Waals surface area contributed by atoms with E-state index in [4.69, 9.17) is 0 Å². The van der Waals surface area contributed by atoms with E-state index in [1.165, 1.54) is 36.4 Å². The molecule has 0 saturated carbocycles. The number of hydrogen-bond donors (Lipinski definition) is 1. The average molecular weight is 382 g/mol. The van der Waals surface area contributed by atoms with Crippen molar-refractivity contribution in [1.29, 1.82) is 0 Å². The second kappa shape index (κ2) is 8.37. The van der Waals surface area contributed by atoms with Gasteiger partial charge in [0.2, 0.25) is 5.91 Å². The van der Waals surface area contributed by atoms with Crippen LogP contribution < -0.4 is 5.32 Å². The Morgan fingerprint density at radius 1 is 1.00 bits per heavy atom. The van der Waals surface area contributed by atoms with E-state index in [0.29, 0.717) is 5.56 Å². The van der Waals surface area contributed by atoms with Crippen LogP contribution in [0.3, 0.4) is 0 Å². The molecule has 1 N–H and O–H groups in total. The third-order valence-electron chi connectivity index (χ3n) is 3.79. The first-order chi connectivity index (χ1) is 12.2. The number of carbonyl (C=O) groups excluding carboxylic acids is 1. The molecule has 0 fully saturated rings. The van der Waals surface area contributed by atoms with Crippen molar-refractivity contribution in [1.82, 2.24) is 10.2 Å². The van der Waals surface area contributed by atoms with E-state index in [9.17, 15) is 22.0 Å². The van der Waals surface area contributed by atoms with Gasteiger partial charge in [0.05, 0.1) is 10.6 Å². The number of nitrogens with zero attached hydrogens (tertiary/aromatic N) is 1. The number of rotatable bonds is 7. The van der Waals surface area contributed by atoms with Crippen molar-refractivity contribution >= 4 is 15.7 Å². The molecule has 0 aliphatic heterocycles. The summed E-state index contributed by atoms with van der Waals surface area (Å²) >= 11 is 0. The van der Waals surface area contributed by atoms with Gasteiger partial charge >= 0.3 is 0 Å². The Bertz CT molecular complexity index is 851. The van der Waals surface area contributed by atoms with E-state index in [-0.39, 0.29) is 17.2 Å². The van der Waals surface area contributed by atoms with Crippen LogP contribution in [0.4, 0.5) is 8.78 Å². The van der Waals surface area contributed by atoms with E-state index in [1.54, 1.807) is 19.0 Å². The first-order valence-electron chi connectivity index (χ1n) is 7.88. The van der Waals surface area contributed by atoms with Gasteiger partial charge in [-0.15, -0.1) is 0 Å². The van der Waals surface area contributed by atoms with Crippen molar-refractivity contribution in [3.63, 3.8) is 0 Å². The third-order valence-corrected chi connectivity index (χ3v) is 5.53. The van der Waals surface area contributed by atoms with Gasteiger partial charge in [0.15, 0.2) is 9.84 Å². The lowest BCUT2D eigenvalue weighted by Crippen LogP contribution is -2.39. The summed E-state index contributed by atoms with van der Waals surface area (Å²) in [7, 11) is -0.239. The number of nitrogens with one attached hydrogen (secondary N) is 1. The molecule has 26 heavy (non-hydrogen) atoms.